The highest BCUT2D eigenvalue weighted by Gasteiger charge is 2.12. The number of benzene rings is 1. The first kappa shape index (κ1) is 14.2. The minimum absolute atomic E-state index is 0.134. The molecule has 0 bridgehead atoms. The lowest BCUT2D eigenvalue weighted by Crippen LogP contribution is -2.07. The molecule has 3 nitrogen and oxygen atoms in total. The number of aliphatic hydroxyl groups is 1. The zero-order valence-corrected chi connectivity index (χ0v) is 11.4. The van der Waals surface area contributed by atoms with Crippen molar-refractivity contribution in [3.63, 3.8) is 0 Å². The first-order chi connectivity index (χ1) is 7.81. The van der Waals surface area contributed by atoms with E-state index in [0.717, 1.165) is 16.7 Å². The van der Waals surface area contributed by atoms with E-state index in [-0.39, 0.29) is 5.75 Å². The van der Waals surface area contributed by atoms with Crippen LogP contribution in [0, 0.1) is 13.8 Å². The van der Waals surface area contributed by atoms with Crippen molar-refractivity contribution in [2.75, 3.05) is 12.0 Å². The summed E-state index contributed by atoms with van der Waals surface area (Å²) in [6.07, 6.45) is 1.62. The highest BCUT2D eigenvalue weighted by Crippen LogP contribution is 2.23. The van der Waals surface area contributed by atoms with Crippen molar-refractivity contribution >= 4 is 9.84 Å². The Morgan fingerprint density at radius 1 is 1.29 bits per heavy atom. The van der Waals surface area contributed by atoms with Gasteiger partial charge < -0.3 is 5.11 Å². The number of rotatable bonds is 5. The smallest absolute Gasteiger partial charge is 0.147 e. The van der Waals surface area contributed by atoms with Crippen LogP contribution in [0.2, 0.25) is 0 Å². The molecule has 4 heteroatoms. The molecule has 1 atom stereocenters. The zero-order valence-electron chi connectivity index (χ0n) is 10.6. The van der Waals surface area contributed by atoms with Crippen LogP contribution in [0.15, 0.2) is 18.2 Å². The lowest BCUT2D eigenvalue weighted by atomic mass is 9.97. The summed E-state index contributed by atoms with van der Waals surface area (Å²) >= 11 is 0. The quantitative estimate of drug-likeness (QED) is 0.878. The van der Waals surface area contributed by atoms with Crippen molar-refractivity contribution < 1.29 is 13.5 Å². The van der Waals surface area contributed by atoms with Gasteiger partial charge in [-0.15, -0.1) is 0 Å². The molecule has 0 radical (unpaired) electrons. The second kappa shape index (κ2) is 5.65. The predicted octanol–water partition coefficient (Wildman–Crippen LogP) is 2.16. The molecule has 1 unspecified atom stereocenters. The third kappa shape index (κ3) is 4.48. The number of hydrogen-bond acceptors (Lipinski definition) is 3. The molecule has 17 heavy (non-hydrogen) atoms. The minimum atomic E-state index is -2.93. The van der Waals surface area contributed by atoms with Crippen molar-refractivity contribution in [3.05, 3.63) is 34.9 Å². The van der Waals surface area contributed by atoms with Gasteiger partial charge in [-0.05, 0) is 43.4 Å². The summed E-state index contributed by atoms with van der Waals surface area (Å²) in [6, 6.07) is 5.81. The van der Waals surface area contributed by atoms with Crippen LogP contribution in [0.4, 0.5) is 0 Å². The molecule has 0 spiro atoms. The number of aliphatic hydroxyl groups excluding tert-OH is 1. The van der Waals surface area contributed by atoms with Crippen LogP contribution >= 0.6 is 0 Å². The molecule has 1 aromatic carbocycles. The van der Waals surface area contributed by atoms with E-state index >= 15 is 0 Å². The van der Waals surface area contributed by atoms with E-state index in [4.69, 9.17) is 0 Å². The monoisotopic (exact) mass is 256 g/mol. The van der Waals surface area contributed by atoms with Gasteiger partial charge in [-0.2, -0.15) is 0 Å². The summed E-state index contributed by atoms with van der Waals surface area (Å²) < 4.78 is 22.0. The normalized spacial score (nSPS) is 13.6. The molecule has 0 aliphatic heterocycles. The summed E-state index contributed by atoms with van der Waals surface area (Å²) in [4.78, 5) is 0. The molecular weight excluding hydrogens is 236 g/mol. The van der Waals surface area contributed by atoms with Gasteiger partial charge in [-0.25, -0.2) is 8.42 Å². The molecule has 0 saturated carbocycles. The maximum Gasteiger partial charge on any atom is 0.147 e. The standard InChI is InChI=1S/C13H20O3S/c1-10-6-4-7-12(11(10)2)13(14)8-5-9-17(3,15)16/h4,6-7,13-14H,5,8-9H2,1-3H3. The number of aryl methyl sites for hydroxylation is 1. The van der Waals surface area contributed by atoms with Crippen LogP contribution < -0.4 is 0 Å². The summed E-state index contributed by atoms with van der Waals surface area (Å²) in [5.74, 6) is 0.134. The van der Waals surface area contributed by atoms with E-state index in [1.54, 1.807) is 0 Å². The lowest BCUT2D eigenvalue weighted by molar-refractivity contribution is 0.166. The minimum Gasteiger partial charge on any atom is -0.388 e. The third-order valence-electron chi connectivity index (χ3n) is 3.00. The van der Waals surface area contributed by atoms with Crippen LogP contribution in [0.5, 0.6) is 0 Å². The van der Waals surface area contributed by atoms with E-state index in [0.29, 0.717) is 12.8 Å². The summed E-state index contributed by atoms with van der Waals surface area (Å²) in [6.45, 7) is 3.98. The lowest BCUT2D eigenvalue weighted by Gasteiger charge is -2.14. The van der Waals surface area contributed by atoms with Crippen LogP contribution in [-0.4, -0.2) is 25.5 Å². The average molecular weight is 256 g/mol. The van der Waals surface area contributed by atoms with Gasteiger partial charge in [-0.1, -0.05) is 18.2 Å². The van der Waals surface area contributed by atoms with Gasteiger partial charge in [-0.3, -0.25) is 0 Å². The fourth-order valence-corrected chi connectivity index (χ4v) is 2.52. The van der Waals surface area contributed by atoms with Gasteiger partial charge in [0.25, 0.3) is 0 Å². The van der Waals surface area contributed by atoms with E-state index in [1.807, 2.05) is 32.0 Å². The molecule has 0 fully saturated rings. The highest BCUT2D eigenvalue weighted by atomic mass is 32.2. The Labute approximate surface area is 103 Å². The second-order valence-electron chi connectivity index (χ2n) is 4.58. The first-order valence-corrected chi connectivity index (χ1v) is 7.79. The molecule has 0 heterocycles. The van der Waals surface area contributed by atoms with Crippen LogP contribution in [0.3, 0.4) is 0 Å². The van der Waals surface area contributed by atoms with E-state index < -0.39 is 15.9 Å². The molecule has 1 aromatic rings. The Bertz CT molecular complexity index is 477. The molecule has 96 valence electrons. The number of hydrogen-bond donors (Lipinski definition) is 1. The fourth-order valence-electron chi connectivity index (χ4n) is 1.83. The van der Waals surface area contributed by atoms with Gasteiger partial charge >= 0.3 is 0 Å². The van der Waals surface area contributed by atoms with Crippen LogP contribution in [0.1, 0.15) is 35.6 Å². The van der Waals surface area contributed by atoms with Crippen molar-refractivity contribution in [2.24, 2.45) is 0 Å². The zero-order chi connectivity index (χ0) is 13.1. The topological polar surface area (TPSA) is 54.4 Å². The van der Waals surface area contributed by atoms with Gasteiger partial charge in [0.1, 0.15) is 9.84 Å². The van der Waals surface area contributed by atoms with E-state index in [9.17, 15) is 13.5 Å². The van der Waals surface area contributed by atoms with Crippen molar-refractivity contribution in [1.29, 1.82) is 0 Å². The molecular formula is C13H20O3S. The van der Waals surface area contributed by atoms with Gasteiger partial charge in [0, 0.05) is 12.0 Å². The molecule has 1 rings (SSSR count). The Kier molecular flexibility index (Phi) is 4.71. The van der Waals surface area contributed by atoms with Crippen molar-refractivity contribution in [1.82, 2.24) is 0 Å². The Morgan fingerprint density at radius 3 is 2.53 bits per heavy atom. The average Bonchev–Trinajstić information content (AvgIpc) is 2.20. The maximum atomic E-state index is 11.0. The molecule has 0 amide bonds. The SMILES string of the molecule is Cc1cccc(C(O)CCCS(C)(=O)=O)c1C. The predicted molar refractivity (Wildman–Crippen MR) is 69.8 cm³/mol. The highest BCUT2D eigenvalue weighted by molar-refractivity contribution is 7.90. The van der Waals surface area contributed by atoms with Gasteiger partial charge in [0.2, 0.25) is 0 Å². The van der Waals surface area contributed by atoms with E-state index in [1.165, 1.54) is 6.26 Å². The first-order valence-electron chi connectivity index (χ1n) is 5.73. The van der Waals surface area contributed by atoms with Crippen LogP contribution in [-0.2, 0) is 9.84 Å². The summed E-state index contributed by atoms with van der Waals surface area (Å²) in [7, 11) is -2.93. The Balaban J connectivity index is 2.64. The molecule has 0 saturated heterocycles. The largest absolute Gasteiger partial charge is 0.388 e. The molecule has 1 N–H and O–H groups in total. The van der Waals surface area contributed by atoms with Crippen LogP contribution in [0.25, 0.3) is 0 Å². The Hall–Kier alpha value is -0.870. The van der Waals surface area contributed by atoms with Gasteiger partial charge in [0.15, 0.2) is 0 Å². The van der Waals surface area contributed by atoms with Crippen molar-refractivity contribution in [2.45, 2.75) is 32.8 Å². The Morgan fingerprint density at radius 2 is 1.94 bits per heavy atom. The second-order valence-corrected chi connectivity index (χ2v) is 6.84. The van der Waals surface area contributed by atoms with Gasteiger partial charge in [0.05, 0.1) is 6.10 Å². The summed E-state index contributed by atoms with van der Waals surface area (Å²) in [5.41, 5.74) is 3.13. The number of sulfone groups is 1. The summed E-state index contributed by atoms with van der Waals surface area (Å²) in [5, 5.41) is 10.0. The third-order valence-corrected chi connectivity index (χ3v) is 4.03. The molecule has 0 aliphatic carbocycles. The van der Waals surface area contributed by atoms with E-state index in [2.05, 4.69) is 0 Å². The van der Waals surface area contributed by atoms with Crippen molar-refractivity contribution in [3.8, 4) is 0 Å². The molecule has 0 aliphatic rings. The fraction of sp³-hybridized carbons (Fsp3) is 0.538. The molecule has 0 aromatic heterocycles. The maximum absolute atomic E-state index is 11.0.